The van der Waals surface area contributed by atoms with Crippen LogP contribution in [0.4, 0.5) is 5.69 Å². The van der Waals surface area contributed by atoms with E-state index in [0.717, 1.165) is 0 Å². The average Bonchev–Trinajstić information content (AvgIpc) is 2.61. The fourth-order valence-electron chi connectivity index (χ4n) is 1.22. The number of aryl methyl sites for hydroxylation is 1. The normalized spacial score (nSPS) is 9.87. The van der Waals surface area contributed by atoms with Gasteiger partial charge in [-0.3, -0.25) is 0 Å². The summed E-state index contributed by atoms with van der Waals surface area (Å²) in [5, 5.41) is 13.0. The van der Waals surface area contributed by atoms with Crippen LogP contribution < -0.4 is 5.73 Å². The number of nitrogens with two attached hydrogens (primary N) is 1. The van der Waals surface area contributed by atoms with Gasteiger partial charge in [0.2, 0.25) is 0 Å². The number of rotatable bonds is 1. The molecular formula is C10H9N5. The summed E-state index contributed by atoms with van der Waals surface area (Å²) in [7, 11) is 0. The Kier molecular flexibility index (Phi) is 2.10. The van der Waals surface area contributed by atoms with Crippen LogP contribution in [0.2, 0.25) is 0 Å². The smallest absolute Gasteiger partial charge is 0.153 e. The molecule has 0 spiro atoms. The lowest BCUT2D eigenvalue weighted by molar-refractivity contribution is 0.833. The molecule has 0 radical (unpaired) electrons. The number of nitrogen functional groups attached to an aromatic ring is 1. The molecule has 0 aliphatic heterocycles. The first kappa shape index (κ1) is 9.21. The van der Waals surface area contributed by atoms with Gasteiger partial charge in [-0.15, -0.1) is 0 Å². The molecule has 2 rings (SSSR count). The predicted molar refractivity (Wildman–Crippen MR) is 55.2 cm³/mol. The van der Waals surface area contributed by atoms with Crippen LogP contribution in [0.5, 0.6) is 0 Å². The first-order valence-electron chi connectivity index (χ1n) is 4.39. The van der Waals surface area contributed by atoms with E-state index in [9.17, 15) is 0 Å². The van der Waals surface area contributed by atoms with E-state index in [0.29, 0.717) is 22.8 Å². The zero-order valence-electron chi connectivity index (χ0n) is 8.18. The SMILES string of the molecule is Cc1nn(-c2ccc(N)cn2)cc1C#N. The van der Waals surface area contributed by atoms with Crippen molar-refractivity contribution < 1.29 is 0 Å². The third kappa shape index (κ3) is 1.65. The summed E-state index contributed by atoms with van der Waals surface area (Å²) < 4.78 is 1.56. The minimum atomic E-state index is 0.550. The molecule has 2 aromatic heterocycles. The molecule has 0 bridgehead atoms. The number of aromatic nitrogens is 3. The maximum Gasteiger partial charge on any atom is 0.153 e. The van der Waals surface area contributed by atoms with Crippen molar-refractivity contribution in [1.82, 2.24) is 14.8 Å². The molecule has 0 aromatic carbocycles. The quantitative estimate of drug-likeness (QED) is 0.743. The summed E-state index contributed by atoms with van der Waals surface area (Å²) in [5.74, 6) is 0.647. The maximum absolute atomic E-state index is 8.78. The van der Waals surface area contributed by atoms with Gasteiger partial charge in [-0.2, -0.15) is 10.4 Å². The lowest BCUT2D eigenvalue weighted by Gasteiger charge is -1.99. The molecule has 2 N–H and O–H groups in total. The summed E-state index contributed by atoms with van der Waals surface area (Å²) >= 11 is 0. The van der Waals surface area contributed by atoms with E-state index in [1.165, 1.54) is 0 Å². The molecule has 0 saturated heterocycles. The van der Waals surface area contributed by atoms with Crippen molar-refractivity contribution in [1.29, 1.82) is 5.26 Å². The first-order chi connectivity index (χ1) is 7.20. The summed E-state index contributed by atoms with van der Waals surface area (Å²) in [4.78, 5) is 4.10. The number of anilines is 1. The molecule has 0 aliphatic carbocycles. The van der Waals surface area contributed by atoms with Gasteiger partial charge in [-0.1, -0.05) is 0 Å². The van der Waals surface area contributed by atoms with Gasteiger partial charge in [0.05, 0.1) is 29.3 Å². The zero-order chi connectivity index (χ0) is 10.8. The number of hydrogen-bond donors (Lipinski definition) is 1. The highest BCUT2D eigenvalue weighted by Crippen LogP contribution is 2.10. The Bertz CT molecular complexity index is 518. The highest BCUT2D eigenvalue weighted by molar-refractivity contribution is 5.40. The Hall–Kier alpha value is -2.35. The third-order valence-electron chi connectivity index (χ3n) is 2.02. The Morgan fingerprint density at radius 1 is 1.47 bits per heavy atom. The van der Waals surface area contributed by atoms with Crippen LogP contribution in [-0.2, 0) is 0 Å². The molecule has 0 saturated carbocycles. The van der Waals surface area contributed by atoms with Gasteiger partial charge in [-0.05, 0) is 19.1 Å². The standard InChI is InChI=1S/C10H9N5/c1-7-8(4-11)6-15(14-7)10-3-2-9(12)5-13-10/h2-3,5-6H,12H2,1H3. The van der Waals surface area contributed by atoms with Crippen molar-refractivity contribution >= 4 is 5.69 Å². The molecule has 15 heavy (non-hydrogen) atoms. The van der Waals surface area contributed by atoms with Crippen molar-refractivity contribution in [3.05, 3.63) is 35.8 Å². The topological polar surface area (TPSA) is 80.5 Å². The van der Waals surface area contributed by atoms with Crippen LogP contribution in [-0.4, -0.2) is 14.8 Å². The highest BCUT2D eigenvalue weighted by atomic mass is 15.3. The maximum atomic E-state index is 8.78. The van der Waals surface area contributed by atoms with Crippen LogP contribution in [0, 0.1) is 18.3 Å². The molecule has 2 aromatic rings. The molecule has 5 nitrogen and oxygen atoms in total. The van der Waals surface area contributed by atoms with E-state index in [1.54, 1.807) is 36.1 Å². The Balaban J connectivity index is 2.46. The van der Waals surface area contributed by atoms with Crippen molar-refractivity contribution in [2.45, 2.75) is 6.92 Å². The van der Waals surface area contributed by atoms with Crippen LogP contribution >= 0.6 is 0 Å². The van der Waals surface area contributed by atoms with E-state index in [4.69, 9.17) is 11.0 Å². The van der Waals surface area contributed by atoms with E-state index in [2.05, 4.69) is 16.2 Å². The highest BCUT2D eigenvalue weighted by Gasteiger charge is 2.05. The molecule has 0 unspecified atom stereocenters. The van der Waals surface area contributed by atoms with Gasteiger partial charge in [0, 0.05) is 0 Å². The van der Waals surface area contributed by atoms with Gasteiger partial charge in [0.15, 0.2) is 5.82 Å². The first-order valence-corrected chi connectivity index (χ1v) is 4.39. The van der Waals surface area contributed by atoms with Crippen molar-refractivity contribution in [2.24, 2.45) is 0 Å². The summed E-state index contributed by atoms with van der Waals surface area (Å²) in [6.45, 7) is 1.78. The van der Waals surface area contributed by atoms with Gasteiger partial charge in [0.1, 0.15) is 6.07 Å². The largest absolute Gasteiger partial charge is 0.397 e. The van der Waals surface area contributed by atoms with Gasteiger partial charge >= 0.3 is 0 Å². The van der Waals surface area contributed by atoms with Crippen molar-refractivity contribution in [3.63, 3.8) is 0 Å². The average molecular weight is 199 g/mol. The summed E-state index contributed by atoms with van der Waals surface area (Å²) in [5.41, 5.74) is 7.36. The summed E-state index contributed by atoms with van der Waals surface area (Å²) in [6, 6.07) is 5.56. The second kappa shape index (κ2) is 3.42. The van der Waals surface area contributed by atoms with E-state index in [-0.39, 0.29) is 0 Å². The van der Waals surface area contributed by atoms with E-state index >= 15 is 0 Å². The van der Waals surface area contributed by atoms with Crippen molar-refractivity contribution in [3.8, 4) is 11.9 Å². The Morgan fingerprint density at radius 3 is 2.80 bits per heavy atom. The number of pyridine rings is 1. The fourth-order valence-corrected chi connectivity index (χ4v) is 1.22. The van der Waals surface area contributed by atoms with E-state index < -0.39 is 0 Å². The lowest BCUT2D eigenvalue weighted by atomic mass is 10.3. The molecular weight excluding hydrogens is 190 g/mol. The van der Waals surface area contributed by atoms with Gasteiger partial charge in [0.25, 0.3) is 0 Å². The molecule has 0 fully saturated rings. The Morgan fingerprint density at radius 2 is 2.27 bits per heavy atom. The van der Waals surface area contributed by atoms with Gasteiger partial charge in [-0.25, -0.2) is 9.67 Å². The second-order valence-electron chi connectivity index (χ2n) is 3.13. The molecule has 0 amide bonds. The lowest BCUT2D eigenvalue weighted by Crippen LogP contribution is -1.98. The fraction of sp³-hybridized carbons (Fsp3) is 0.100. The second-order valence-corrected chi connectivity index (χ2v) is 3.13. The number of nitriles is 1. The number of hydrogen-bond acceptors (Lipinski definition) is 4. The molecule has 74 valence electrons. The molecule has 0 aliphatic rings. The van der Waals surface area contributed by atoms with Crippen LogP contribution in [0.1, 0.15) is 11.3 Å². The minimum absolute atomic E-state index is 0.550. The third-order valence-corrected chi connectivity index (χ3v) is 2.02. The van der Waals surface area contributed by atoms with Crippen LogP contribution in [0.15, 0.2) is 24.5 Å². The zero-order valence-corrected chi connectivity index (χ0v) is 8.18. The van der Waals surface area contributed by atoms with Crippen molar-refractivity contribution in [2.75, 3.05) is 5.73 Å². The van der Waals surface area contributed by atoms with E-state index in [1.807, 2.05) is 0 Å². The van der Waals surface area contributed by atoms with Crippen LogP contribution in [0.25, 0.3) is 5.82 Å². The molecule has 5 heteroatoms. The van der Waals surface area contributed by atoms with Crippen LogP contribution in [0.3, 0.4) is 0 Å². The summed E-state index contributed by atoms with van der Waals surface area (Å²) in [6.07, 6.45) is 3.20. The Labute approximate surface area is 86.8 Å². The monoisotopic (exact) mass is 199 g/mol. The predicted octanol–water partition coefficient (Wildman–Crippen LogP) is 1.03. The number of nitrogens with zero attached hydrogens (tertiary/aromatic N) is 4. The molecule has 0 atom stereocenters. The van der Waals surface area contributed by atoms with Gasteiger partial charge < -0.3 is 5.73 Å². The minimum Gasteiger partial charge on any atom is -0.397 e. The molecule has 2 heterocycles.